The molecule has 1 atom stereocenters. The number of hydrogen-bond donors (Lipinski definition) is 1. The summed E-state index contributed by atoms with van der Waals surface area (Å²) in [6.45, 7) is 5.32. The van der Waals surface area contributed by atoms with Crippen LogP contribution in [0.2, 0.25) is 0 Å². The van der Waals surface area contributed by atoms with Crippen molar-refractivity contribution in [3.05, 3.63) is 35.9 Å². The summed E-state index contributed by atoms with van der Waals surface area (Å²) >= 11 is 0. The van der Waals surface area contributed by atoms with Crippen LogP contribution in [0, 0.1) is 5.92 Å². The van der Waals surface area contributed by atoms with Crippen LogP contribution < -0.4 is 5.32 Å². The average Bonchev–Trinajstić information content (AvgIpc) is 2.74. The standard InChI is InChI=1S/C23H33N3O3/c27-21(24-18-23(9-5-10-23)20-7-2-1-3-8-20)17-25-11-4-6-19(16-25)22(28)26-12-14-29-15-13-26/h1-3,7-8,19H,4-6,9-18H2,(H,24,27). The highest BCUT2D eigenvalue weighted by molar-refractivity contribution is 5.80. The van der Waals surface area contributed by atoms with E-state index in [0.717, 1.165) is 32.2 Å². The molecule has 158 valence electrons. The lowest BCUT2D eigenvalue weighted by atomic mass is 9.64. The first-order valence-electron chi connectivity index (χ1n) is 11.1. The summed E-state index contributed by atoms with van der Waals surface area (Å²) in [7, 11) is 0. The van der Waals surface area contributed by atoms with Crippen LogP contribution in [0.15, 0.2) is 30.3 Å². The van der Waals surface area contributed by atoms with Gasteiger partial charge in [-0.15, -0.1) is 0 Å². The zero-order valence-electron chi connectivity index (χ0n) is 17.3. The summed E-state index contributed by atoms with van der Waals surface area (Å²) in [5.41, 5.74) is 1.44. The molecule has 1 saturated carbocycles. The normalized spacial score (nSPS) is 24.6. The molecule has 29 heavy (non-hydrogen) atoms. The number of morpholine rings is 1. The fourth-order valence-corrected chi connectivity index (χ4v) is 4.93. The first-order valence-corrected chi connectivity index (χ1v) is 11.1. The lowest BCUT2D eigenvalue weighted by molar-refractivity contribution is -0.142. The maximum absolute atomic E-state index is 12.8. The Labute approximate surface area is 173 Å². The number of ether oxygens (including phenoxy) is 1. The predicted octanol–water partition coefficient (Wildman–Crippen LogP) is 1.80. The summed E-state index contributed by atoms with van der Waals surface area (Å²) in [6, 6.07) is 10.6. The highest BCUT2D eigenvalue weighted by Crippen LogP contribution is 2.43. The van der Waals surface area contributed by atoms with Crippen molar-refractivity contribution in [1.29, 1.82) is 0 Å². The van der Waals surface area contributed by atoms with E-state index in [2.05, 4.69) is 34.5 Å². The Morgan fingerprint density at radius 2 is 1.83 bits per heavy atom. The van der Waals surface area contributed by atoms with E-state index in [1.807, 2.05) is 11.0 Å². The maximum atomic E-state index is 12.8. The quantitative estimate of drug-likeness (QED) is 0.792. The van der Waals surface area contributed by atoms with Crippen molar-refractivity contribution in [3.63, 3.8) is 0 Å². The Morgan fingerprint density at radius 3 is 2.52 bits per heavy atom. The van der Waals surface area contributed by atoms with Crippen molar-refractivity contribution in [3.8, 4) is 0 Å². The number of benzene rings is 1. The van der Waals surface area contributed by atoms with Gasteiger partial charge < -0.3 is 15.0 Å². The van der Waals surface area contributed by atoms with Crippen LogP contribution >= 0.6 is 0 Å². The number of piperidine rings is 1. The van der Waals surface area contributed by atoms with E-state index in [4.69, 9.17) is 4.74 Å². The molecule has 6 nitrogen and oxygen atoms in total. The summed E-state index contributed by atoms with van der Waals surface area (Å²) in [4.78, 5) is 29.5. The van der Waals surface area contributed by atoms with Crippen LogP contribution in [0.1, 0.15) is 37.7 Å². The lowest BCUT2D eigenvalue weighted by Gasteiger charge is -2.43. The van der Waals surface area contributed by atoms with Gasteiger partial charge in [0.25, 0.3) is 0 Å². The molecule has 2 heterocycles. The molecule has 0 bridgehead atoms. The molecular formula is C23H33N3O3. The van der Waals surface area contributed by atoms with E-state index in [1.165, 1.54) is 12.0 Å². The van der Waals surface area contributed by atoms with Crippen molar-refractivity contribution in [2.45, 2.75) is 37.5 Å². The summed E-state index contributed by atoms with van der Waals surface area (Å²) < 4.78 is 5.35. The van der Waals surface area contributed by atoms with Crippen LogP contribution in [0.4, 0.5) is 0 Å². The molecular weight excluding hydrogens is 366 g/mol. The Kier molecular flexibility index (Phi) is 6.50. The third kappa shape index (κ3) is 4.81. The Hall–Kier alpha value is -1.92. The Balaban J connectivity index is 1.26. The van der Waals surface area contributed by atoms with Gasteiger partial charge in [0.05, 0.1) is 25.7 Å². The highest BCUT2D eigenvalue weighted by atomic mass is 16.5. The number of hydrogen-bond acceptors (Lipinski definition) is 4. The van der Waals surface area contributed by atoms with E-state index < -0.39 is 0 Å². The van der Waals surface area contributed by atoms with Gasteiger partial charge in [-0.1, -0.05) is 36.8 Å². The second kappa shape index (κ2) is 9.26. The van der Waals surface area contributed by atoms with Gasteiger partial charge in [-0.25, -0.2) is 0 Å². The first kappa shape index (κ1) is 20.4. The molecule has 0 radical (unpaired) electrons. The van der Waals surface area contributed by atoms with Crippen LogP contribution in [0.3, 0.4) is 0 Å². The van der Waals surface area contributed by atoms with Gasteiger partial charge in [0.15, 0.2) is 0 Å². The minimum absolute atomic E-state index is 0.0111. The molecule has 2 saturated heterocycles. The second-order valence-corrected chi connectivity index (χ2v) is 8.79. The van der Waals surface area contributed by atoms with E-state index >= 15 is 0 Å². The van der Waals surface area contributed by atoms with Crippen LogP contribution in [0.25, 0.3) is 0 Å². The molecule has 1 aromatic rings. The van der Waals surface area contributed by atoms with Gasteiger partial charge in [0, 0.05) is 31.6 Å². The second-order valence-electron chi connectivity index (χ2n) is 8.79. The smallest absolute Gasteiger partial charge is 0.234 e. The number of rotatable bonds is 6. The molecule has 3 aliphatic rings. The van der Waals surface area contributed by atoms with Gasteiger partial charge in [-0.05, 0) is 37.8 Å². The van der Waals surface area contributed by atoms with Gasteiger partial charge >= 0.3 is 0 Å². The lowest BCUT2D eigenvalue weighted by Crippen LogP contribution is -2.51. The van der Waals surface area contributed by atoms with E-state index in [1.54, 1.807) is 0 Å². The number of nitrogens with one attached hydrogen (secondary N) is 1. The largest absolute Gasteiger partial charge is 0.378 e. The van der Waals surface area contributed by atoms with Gasteiger partial charge in [-0.2, -0.15) is 0 Å². The zero-order valence-corrected chi connectivity index (χ0v) is 17.3. The number of carbonyl (C=O) groups excluding carboxylic acids is 2. The molecule has 2 aliphatic heterocycles. The van der Waals surface area contributed by atoms with Gasteiger partial charge in [0.1, 0.15) is 0 Å². The summed E-state index contributed by atoms with van der Waals surface area (Å²) in [6.07, 6.45) is 5.39. The Bertz CT molecular complexity index is 699. The highest BCUT2D eigenvalue weighted by Gasteiger charge is 2.39. The van der Waals surface area contributed by atoms with E-state index in [-0.39, 0.29) is 23.1 Å². The number of likely N-dealkylation sites (tertiary alicyclic amines) is 1. The van der Waals surface area contributed by atoms with Crippen molar-refractivity contribution in [2.24, 2.45) is 5.92 Å². The maximum Gasteiger partial charge on any atom is 0.234 e. The molecule has 1 unspecified atom stereocenters. The van der Waals surface area contributed by atoms with Crippen molar-refractivity contribution in [1.82, 2.24) is 15.1 Å². The number of nitrogens with zero attached hydrogens (tertiary/aromatic N) is 2. The molecule has 1 aliphatic carbocycles. The van der Waals surface area contributed by atoms with E-state index in [9.17, 15) is 9.59 Å². The van der Waals surface area contributed by atoms with Crippen molar-refractivity contribution in [2.75, 3.05) is 52.5 Å². The minimum atomic E-state index is 0.0111. The molecule has 3 fully saturated rings. The molecule has 2 amide bonds. The fourth-order valence-electron chi connectivity index (χ4n) is 4.93. The molecule has 0 aromatic heterocycles. The third-order valence-corrected chi connectivity index (χ3v) is 6.87. The topological polar surface area (TPSA) is 61.9 Å². The molecule has 6 heteroatoms. The third-order valence-electron chi connectivity index (χ3n) is 6.87. The Morgan fingerprint density at radius 1 is 1.07 bits per heavy atom. The minimum Gasteiger partial charge on any atom is -0.378 e. The molecule has 1 aromatic carbocycles. The monoisotopic (exact) mass is 399 g/mol. The molecule has 4 rings (SSSR count). The van der Waals surface area contributed by atoms with Crippen LogP contribution in [0.5, 0.6) is 0 Å². The molecule has 0 spiro atoms. The van der Waals surface area contributed by atoms with Crippen molar-refractivity contribution >= 4 is 11.8 Å². The SMILES string of the molecule is O=C(CN1CCCC(C(=O)N2CCOCC2)C1)NCC1(c2ccccc2)CCC1. The number of carbonyl (C=O) groups is 2. The number of amides is 2. The zero-order chi connectivity index (χ0) is 20.1. The molecule has 1 N–H and O–H groups in total. The summed E-state index contributed by atoms with van der Waals surface area (Å²) in [5, 5.41) is 3.19. The van der Waals surface area contributed by atoms with Gasteiger partial charge in [0.2, 0.25) is 11.8 Å². The van der Waals surface area contributed by atoms with Crippen LogP contribution in [-0.2, 0) is 19.7 Å². The van der Waals surface area contributed by atoms with Gasteiger partial charge in [-0.3, -0.25) is 14.5 Å². The van der Waals surface area contributed by atoms with Crippen molar-refractivity contribution < 1.29 is 14.3 Å². The summed E-state index contributed by atoms with van der Waals surface area (Å²) in [5.74, 6) is 0.319. The average molecular weight is 400 g/mol. The predicted molar refractivity (Wildman–Crippen MR) is 112 cm³/mol. The fraction of sp³-hybridized carbons (Fsp3) is 0.652. The first-order chi connectivity index (χ1) is 14.2. The van der Waals surface area contributed by atoms with E-state index in [0.29, 0.717) is 45.9 Å². The van der Waals surface area contributed by atoms with Crippen LogP contribution in [-0.4, -0.2) is 74.1 Å².